The summed E-state index contributed by atoms with van der Waals surface area (Å²) in [5, 5.41) is 9.08. The summed E-state index contributed by atoms with van der Waals surface area (Å²) in [4.78, 5) is 18.2. The Bertz CT molecular complexity index is 1550. The molecule has 3 aromatic carbocycles. The molecule has 0 radical (unpaired) electrons. The summed E-state index contributed by atoms with van der Waals surface area (Å²) < 4.78 is 1.91. The Morgan fingerprint density at radius 1 is 1.00 bits per heavy atom. The van der Waals surface area contributed by atoms with Crippen molar-refractivity contribution in [1.29, 1.82) is 0 Å². The van der Waals surface area contributed by atoms with E-state index in [2.05, 4.69) is 48.5 Å². The van der Waals surface area contributed by atoms with Gasteiger partial charge in [0.1, 0.15) is 0 Å². The van der Waals surface area contributed by atoms with Crippen LogP contribution in [-0.2, 0) is 6.54 Å². The number of rotatable bonds is 6. The van der Waals surface area contributed by atoms with Crippen LogP contribution in [0, 0.1) is 6.92 Å². The second kappa shape index (κ2) is 9.96. The molecule has 0 bridgehead atoms. The molecule has 0 aliphatic heterocycles. The Balaban J connectivity index is 1.51. The minimum atomic E-state index is -0.177. The van der Waals surface area contributed by atoms with Crippen molar-refractivity contribution >= 4 is 28.4 Å². The molecule has 0 unspecified atom stereocenters. The number of pyridine rings is 1. The molecule has 0 fully saturated rings. The van der Waals surface area contributed by atoms with E-state index in [1.807, 2.05) is 72.4 Å². The summed E-state index contributed by atoms with van der Waals surface area (Å²) in [7, 11) is 0. The second-order valence-corrected chi connectivity index (χ2v) is 9.56. The van der Waals surface area contributed by atoms with Crippen LogP contribution in [0.5, 0.6) is 0 Å². The molecule has 5 aromatic rings. The van der Waals surface area contributed by atoms with Crippen molar-refractivity contribution in [3.05, 3.63) is 112 Å². The van der Waals surface area contributed by atoms with Gasteiger partial charge in [0.05, 0.1) is 34.4 Å². The largest absolute Gasteiger partial charge is 0.348 e. The Morgan fingerprint density at radius 3 is 2.47 bits per heavy atom. The number of halogens is 1. The highest BCUT2D eigenvalue weighted by Gasteiger charge is 2.17. The molecule has 0 aliphatic rings. The quantitative estimate of drug-likeness (QED) is 0.274. The highest BCUT2D eigenvalue weighted by Crippen LogP contribution is 2.29. The highest BCUT2D eigenvalue weighted by atomic mass is 35.5. The molecular formula is C30H27ClN4O. The molecular weight excluding hydrogens is 468 g/mol. The number of fused-ring (bicyclic) bond motifs is 1. The molecule has 2 aromatic heterocycles. The van der Waals surface area contributed by atoms with Crippen molar-refractivity contribution in [2.75, 3.05) is 0 Å². The van der Waals surface area contributed by atoms with Gasteiger partial charge in [-0.05, 0) is 54.3 Å². The maximum Gasteiger partial charge on any atom is 0.252 e. The van der Waals surface area contributed by atoms with Gasteiger partial charge in [0, 0.05) is 22.5 Å². The molecule has 5 rings (SSSR count). The standard InChI is InChI=1S/C30H27ClN4O/c1-19(2)21-12-14-23(15-13-21)35-20(3)26(18-33-35)29-16-25(24-9-5-7-11-28(24)34-29)30(36)32-17-22-8-4-6-10-27(22)31/h4-16,18-19H,17H2,1-3H3,(H,32,36). The number of hydrogen-bond donors (Lipinski definition) is 1. The topological polar surface area (TPSA) is 59.8 Å². The van der Waals surface area contributed by atoms with Gasteiger partial charge in [-0.2, -0.15) is 5.10 Å². The fourth-order valence-electron chi connectivity index (χ4n) is 4.34. The third-order valence-electron chi connectivity index (χ3n) is 6.45. The minimum Gasteiger partial charge on any atom is -0.348 e. The summed E-state index contributed by atoms with van der Waals surface area (Å²) in [6.07, 6.45) is 1.81. The third kappa shape index (κ3) is 4.62. The van der Waals surface area contributed by atoms with Crippen LogP contribution in [0.4, 0.5) is 0 Å². The van der Waals surface area contributed by atoms with E-state index in [0.29, 0.717) is 28.7 Å². The number of nitrogens with one attached hydrogen (secondary N) is 1. The van der Waals surface area contributed by atoms with Crippen molar-refractivity contribution in [2.24, 2.45) is 0 Å². The second-order valence-electron chi connectivity index (χ2n) is 9.15. The summed E-state index contributed by atoms with van der Waals surface area (Å²) in [6.45, 7) is 6.72. The summed E-state index contributed by atoms with van der Waals surface area (Å²) in [6, 6.07) is 25.5. The molecule has 0 aliphatic carbocycles. The van der Waals surface area contributed by atoms with Crippen LogP contribution >= 0.6 is 11.6 Å². The molecule has 1 amide bonds. The number of carbonyl (C=O) groups excluding carboxylic acids is 1. The fraction of sp³-hybridized carbons (Fsp3) is 0.167. The van der Waals surface area contributed by atoms with Gasteiger partial charge in [-0.3, -0.25) is 4.79 Å². The monoisotopic (exact) mass is 494 g/mol. The predicted octanol–water partition coefficient (Wildman–Crippen LogP) is 7.10. The molecule has 1 N–H and O–H groups in total. The molecule has 6 heteroatoms. The van der Waals surface area contributed by atoms with Gasteiger partial charge in [-0.25, -0.2) is 9.67 Å². The van der Waals surface area contributed by atoms with Crippen molar-refractivity contribution in [3.63, 3.8) is 0 Å². The molecule has 2 heterocycles. The molecule has 36 heavy (non-hydrogen) atoms. The number of nitrogens with zero attached hydrogens (tertiary/aromatic N) is 3. The van der Waals surface area contributed by atoms with E-state index in [1.54, 1.807) is 0 Å². The SMILES string of the molecule is Cc1c(-c2cc(C(=O)NCc3ccccc3Cl)c3ccccc3n2)cnn1-c1ccc(C(C)C)cc1. The van der Waals surface area contributed by atoms with Gasteiger partial charge in [-0.1, -0.05) is 74.0 Å². The fourth-order valence-corrected chi connectivity index (χ4v) is 4.54. The van der Waals surface area contributed by atoms with Crippen LogP contribution < -0.4 is 5.32 Å². The zero-order chi connectivity index (χ0) is 25.2. The van der Waals surface area contributed by atoms with E-state index >= 15 is 0 Å². The van der Waals surface area contributed by atoms with E-state index < -0.39 is 0 Å². The molecule has 5 nitrogen and oxygen atoms in total. The lowest BCUT2D eigenvalue weighted by Crippen LogP contribution is -2.23. The first-order chi connectivity index (χ1) is 17.4. The molecule has 0 saturated heterocycles. The smallest absolute Gasteiger partial charge is 0.252 e. The number of aromatic nitrogens is 3. The number of para-hydroxylation sites is 1. The normalized spacial score (nSPS) is 11.2. The lowest BCUT2D eigenvalue weighted by atomic mass is 10.0. The number of benzene rings is 3. The van der Waals surface area contributed by atoms with Gasteiger partial charge in [0.2, 0.25) is 0 Å². The first-order valence-corrected chi connectivity index (χ1v) is 12.4. The van der Waals surface area contributed by atoms with E-state index in [9.17, 15) is 4.79 Å². The van der Waals surface area contributed by atoms with Crippen LogP contribution in [-0.4, -0.2) is 20.7 Å². The highest BCUT2D eigenvalue weighted by molar-refractivity contribution is 6.31. The molecule has 0 atom stereocenters. The van der Waals surface area contributed by atoms with Crippen molar-refractivity contribution in [2.45, 2.75) is 33.2 Å². The number of hydrogen-bond acceptors (Lipinski definition) is 3. The summed E-state index contributed by atoms with van der Waals surface area (Å²) >= 11 is 6.28. The van der Waals surface area contributed by atoms with Crippen LogP contribution in [0.25, 0.3) is 27.8 Å². The number of amides is 1. The third-order valence-corrected chi connectivity index (χ3v) is 6.82. The Kier molecular flexibility index (Phi) is 6.57. The molecule has 180 valence electrons. The van der Waals surface area contributed by atoms with E-state index in [4.69, 9.17) is 16.6 Å². The first kappa shape index (κ1) is 23.8. The van der Waals surface area contributed by atoms with Crippen LogP contribution in [0.15, 0.2) is 85.1 Å². The maximum atomic E-state index is 13.3. The van der Waals surface area contributed by atoms with Crippen molar-refractivity contribution in [3.8, 4) is 16.9 Å². The average Bonchev–Trinajstić information content (AvgIpc) is 3.28. The van der Waals surface area contributed by atoms with Gasteiger partial charge < -0.3 is 5.32 Å². The average molecular weight is 495 g/mol. The minimum absolute atomic E-state index is 0.177. The van der Waals surface area contributed by atoms with E-state index in [-0.39, 0.29) is 5.91 Å². The zero-order valence-corrected chi connectivity index (χ0v) is 21.3. The summed E-state index contributed by atoms with van der Waals surface area (Å²) in [5.74, 6) is 0.293. The maximum absolute atomic E-state index is 13.3. The van der Waals surface area contributed by atoms with Crippen molar-refractivity contribution in [1.82, 2.24) is 20.1 Å². The Hall–Kier alpha value is -3.96. The predicted molar refractivity (Wildman–Crippen MR) is 146 cm³/mol. The van der Waals surface area contributed by atoms with Crippen LogP contribution in [0.1, 0.15) is 46.9 Å². The summed E-state index contributed by atoms with van der Waals surface area (Å²) in [5.41, 5.74) is 7.01. The van der Waals surface area contributed by atoms with Crippen LogP contribution in [0.3, 0.4) is 0 Å². The Morgan fingerprint density at radius 2 is 1.72 bits per heavy atom. The Labute approximate surface area is 215 Å². The first-order valence-electron chi connectivity index (χ1n) is 12.0. The lowest BCUT2D eigenvalue weighted by molar-refractivity contribution is 0.0952. The van der Waals surface area contributed by atoms with Crippen LogP contribution in [0.2, 0.25) is 5.02 Å². The van der Waals surface area contributed by atoms with E-state index in [1.165, 1.54) is 5.56 Å². The molecule has 0 spiro atoms. The van der Waals surface area contributed by atoms with Gasteiger partial charge in [0.15, 0.2) is 0 Å². The lowest BCUT2D eigenvalue weighted by Gasteiger charge is -2.12. The van der Waals surface area contributed by atoms with Crippen molar-refractivity contribution < 1.29 is 4.79 Å². The zero-order valence-electron chi connectivity index (χ0n) is 20.5. The molecule has 0 saturated carbocycles. The van der Waals surface area contributed by atoms with Gasteiger partial charge in [-0.15, -0.1) is 0 Å². The number of carbonyl (C=O) groups is 1. The van der Waals surface area contributed by atoms with Gasteiger partial charge >= 0.3 is 0 Å². The van der Waals surface area contributed by atoms with E-state index in [0.717, 1.165) is 33.4 Å². The van der Waals surface area contributed by atoms with Gasteiger partial charge in [0.25, 0.3) is 5.91 Å².